The highest BCUT2D eigenvalue weighted by Crippen LogP contribution is 2.25. The molecule has 2 aromatic carbocycles. The second kappa shape index (κ2) is 7.52. The van der Waals surface area contributed by atoms with Gasteiger partial charge in [0.1, 0.15) is 11.3 Å². The van der Waals surface area contributed by atoms with E-state index in [1.807, 2.05) is 6.07 Å². The van der Waals surface area contributed by atoms with Crippen molar-refractivity contribution in [3.63, 3.8) is 0 Å². The molecule has 0 bridgehead atoms. The fourth-order valence-electron chi connectivity index (χ4n) is 2.40. The minimum atomic E-state index is -0.530. The minimum absolute atomic E-state index is 0.0250. The average molecular weight is 352 g/mol. The molecule has 7 heteroatoms. The minimum Gasteiger partial charge on any atom is -0.481 e. The van der Waals surface area contributed by atoms with Crippen molar-refractivity contribution in [2.45, 2.75) is 0 Å². The first-order chi connectivity index (χ1) is 12.6. The Bertz CT molecular complexity index is 877. The average Bonchev–Trinajstić information content (AvgIpc) is 2.96. The van der Waals surface area contributed by atoms with Gasteiger partial charge >= 0.3 is 5.97 Å². The summed E-state index contributed by atoms with van der Waals surface area (Å²) in [6.07, 6.45) is 1.44. The van der Waals surface area contributed by atoms with E-state index in [-0.39, 0.29) is 12.2 Å². The second-order valence-corrected chi connectivity index (χ2v) is 5.38. The third kappa shape index (κ3) is 3.56. The van der Waals surface area contributed by atoms with Gasteiger partial charge in [-0.1, -0.05) is 36.4 Å². The molecule has 1 aliphatic heterocycles. The quantitative estimate of drug-likeness (QED) is 0.503. The Hall–Kier alpha value is -3.61. The van der Waals surface area contributed by atoms with Gasteiger partial charge in [-0.2, -0.15) is 0 Å². The molecule has 0 saturated carbocycles. The van der Waals surface area contributed by atoms with Crippen LogP contribution in [-0.2, 0) is 19.1 Å². The third-order valence-electron chi connectivity index (χ3n) is 3.70. The van der Waals surface area contributed by atoms with Gasteiger partial charge < -0.3 is 9.47 Å². The number of nitrogens with zero attached hydrogens (tertiary/aromatic N) is 1. The summed E-state index contributed by atoms with van der Waals surface area (Å²) in [5, 5.41) is 1.19. The summed E-state index contributed by atoms with van der Waals surface area (Å²) in [5.41, 5.74) is 3.57. The molecule has 1 aliphatic rings. The van der Waals surface area contributed by atoms with Gasteiger partial charge in [0.25, 0.3) is 11.8 Å². The summed E-state index contributed by atoms with van der Waals surface area (Å²) >= 11 is 0. The van der Waals surface area contributed by atoms with Gasteiger partial charge in [-0.25, -0.2) is 9.80 Å². The maximum absolute atomic E-state index is 12.6. The van der Waals surface area contributed by atoms with E-state index in [4.69, 9.17) is 4.74 Å². The first-order valence-corrected chi connectivity index (χ1v) is 7.81. The van der Waals surface area contributed by atoms with Crippen LogP contribution in [0.5, 0.6) is 5.75 Å². The normalized spacial score (nSPS) is 15.1. The molecular weight excluding hydrogens is 336 g/mol. The molecule has 0 radical (unpaired) electrons. The summed E-state index contributed by atoms with van der Waals surface area (Å²) < 4.78 is 9.94. The number of para-hydroxylation sites is 2. The van der Waals surface area contributed by atoms with Crippen molar-refractivity contribution >= 4 is 29.5 Å². The molecule has 26 heavy (non-hydrogen) atoms. The van der Waals surface area contributed by atoms with E-state index in [0.29, 0.717) is 17.0 Å². The van der Waals surface area contributed by atoms with Crippen molar-refractivity contribution in [3.8, 4) is 5.75 Å². The number of rotatable bonds is 5. The van der Waals surface area contributed by atoms with Gasteiger partial charge in [0.2, 0.25) is 0 Å². The van der Waals surface area contributed by atoms with E-state index in [1.54, 1.807) is 48.5 Å². The van der Waals surface area contributed by atoms with Crippen molar-refractivity contribution in [2.75, 3.05) is 18.7 Å². The van der Waals surface area contributed by atoms with E-state index in [1.165, 1.54) is 18.2 Å². The van der Waals surface area contributed by atoms with E-state index in [9.17, 15) is 14.4 Å². The second-order valence-electron chi connectivity index (χ2n) is 5.38. The molecule has 1 fully saturated rings. The largest absolute Gasteiger partial charge is 0.481 e. The molecule has 0 atom stereocenters. The highest BCUT2D eigenvalue weighted by atomic mass is 16.6. The van der Waals surface area contributed by atoms with Crippen LogP contribution in [0, 0.1) is 0 Å². The van der Waals surface area contributed by atoms with E-state index < -0.39 is 17.8 Å². The van der Waals surface area contributed by atoms with Crippen LogP contribution >= 0.6 is 0 Å². The lowest BCUT2D eigenvalue weighted by molar-refractivity contribution is -0.142. The van der Waals surface area contributed by atoms with Gasteiger partial charge in [0, 0.05) is 5.56 Å². The zero-order chi connectivity index (χ0) is 18.5. The van der Waals surface area contributed by atoms with E-state index in [0.717, 1.165) is 0 Å². The number of hydrazine groups is 1. The molecule has 3 rings (SSSR count). The molecule has 1 heterocycles. The molecule has 0 unspecified atom stereocenters. The maximum atomic E-state index is 12.6. The number of nitrogens with one attached hydrogen (secondary N) is 1. The van der Waals surface area contributed by atoms with Crippen LogP contribution in [0.2, 0.25) is 0 Å². The SMILES string of the molecule is COC(=O)COc1ccccc1C=C1C(=O)NN(c2ccccc2)C1=O. The molecule has 0 aromatic heterocycles. The molecule has 1 saturated heterocycles. The van der Waals surface area contributed by atoms with Crippen LogP contribution in [0.4, 0.5) is 5.69 Å². The number of ether oxygens (including phenoxy) is 2. The highest BCUT2D eigenvalue weighted by Gasteiger charge is 2.34. The molecule has 7 nitrogen and oxygen atoms in total. The Labute approximate surface area is 149 Å². The van der Waals surface area contributed by atoms with Crippen molar-refractivity contribution in [2.24, 2.45) is 0 Å². The Morgan fingerprint density at radius 2 is 1.77 bits per heavy atom. The monoisotopic (exact) mass is 352 g/mol. The Balaban J connectivity index is 1.87. The standard InChI is InChI=1S/C19H16N2O5/c1-25-17(22)12-26-16-10-6-5-7-13(16)11-15-18(23)20-21(19(15)24)14-8-3-2-4-9-14/h2-11H,12H2,1H3,(H,20,23). The number of carbonyl (C=O) groups is 3. The zero-order valence-corrected chi connectivity index (χ0v) is 14.0. The van der Waals surface area contributed by atoms with Gasteiger partial charge in [-0.15, -0.1) is 0 Å². The number of amides is 2. The van der Waals surface area contributed by atoms with Crippen molar-refractivity contribution in [1.82, 2.24) is 5.43 Å². The summed E-state index contributed by atoms with van der Waals surface area (Å²) in [6.45, 7) is -0.271. The lowest BCUT2D eigenvalue weighted by Crippen LogP contribution is -2.35. The Morgan fingerprint density at radius 1 is 1.08 bits per heavy atom. The van der Waals surface area contributed by atoms with Crippen molar-refractivity contribution in [1.29, 1.82) is 0 Å². The maximum Gasteiger partial charge on any atom is 0.343 e. The zero-order valence-electron chi connectivity index (χ0n) is 14.0. The fraction of sp³-hybridized carbons (Fsp3) is 0.105. The summed E-state index contributed by atoms with van der Waals surface area (Å²) in [6, 6.07) is 15.6. The van der Waals surface area contributed by atoms with Gasteiger partial charge in [-0.3, -0.25) is 15.0 Å². The van der Waals surface area contributed by atoms with Gasteiger partial charge in [0.15, 0.2) is 6.61 Å². The molecule has 132 valence electrons. The number of benzene rings is 2. The molecule has 0 spiro atoms. The predicted octanol–water partition coefficient (Wildman–Crippen LogP) is 1.70. The number of anilines is 1. The fourth-order valence-corrected chi connectivity index (χ4v) is 2.40. The smallest absolute Gasteiger partial charge is 0.343 e. The summed E-state index contributed by atoms with van der Waals surface area (Å²) in [5.74, 6) is -1.15. The van der Waals surface area contributed by atoms with Gasteiger partial charge in [-0.05, 0) is 24.3 Å². The van der Waals surface area contributed by atoms with Crippen molar-refractivity contribution < 1.29 is 23.9 Å². The molecule has 0 aliphatic carbocycles. The van der Waals surface area contributed by atoms with E-state index in [2.05, 4.69) is 10.2 Å². The Kier molecular flexibility index (Phi) is 4.98. The van der Waals surface area contributed by atoms with Crippen LogP contribution in [0.3, 0.4) is 0 Å². The predicted molar refractivity (Wildman–Crippen MR) is 94.0 cm³/mol. The van der Waals surface area contributed by atoms with E-state index >= 15 is 0 Å². The van der Waals surface area contributed by atoms with Crippen LogP contribution in [0.25, 0.3) is 6.08 Å². The first kappa shape index (κ1) is 17.2. The number of hydrogen-bond acceptors (Lipinski definition) is 5. The van der Waals surface area contributed by atoms with Crippen LogP contribution in [0.1, 0.15) is 5.56 Å². The number of methoxy groups -OCH3 is 1. The number of hydrogen-bond donors (Lipinski definition) is 1. The number of esters is 1. The van der Waals surface area contributed by atoms with Gasteiger partial charge in [0.05, 0.1) is 12.8 Å². The Morgan fingerprint density at radius 3 is 2.50 bits per heavy atom. The summed E-state index contributed by atoms with van der Waals surface area (Å²) in [7, 11) is 1.26. The van der Waals surface area contributed by atoms with Crippen LogP contribution < -0.4 is 15.2 Å². The third-order valence-corrected chi connectivity index (χ3v) is 3.70. The molecule has 1 N–H and O–H groups in total. The first-order valence-electron chi connectivity index (χ1n) is 7.81. The summed E-state index contributed by atoms with van der Waals surface area (Å²) in [4.78, 5) is 36.1. The van der Waals surface area contributed by atoms with Crippen LogP contribution in [0.15, 0.2) is 60.2 Å². The van der Waals surface area contributed by atoms with Crippen LogP contribution in [-0.4, -0.2) is 31.5 Å². The molecule has 2 aromatic rings. The lowest BCUT2D eigenvalue weighted by atomic mass is 10.1. The number of carbonyl (C=O) groups excluding carboxylic acids is 3. The molecular formula is C19H16N2O5. The molecule has 2 amide bonds. The van der Waals surface area contributed by atoms with Crippen molar-refractivity contribution in [3.05, 3.63) is 65.7 Å². The lowest BCUT2D eigenvalue weighted by Gasteiger charge is -2.13. The topological polar surface area (TPSA) is 84.9 Å². The highest BCUT2D eigenvalue weighted by molar-refractivity contribution is 6.31.